The van der Waals surface area contributed by atoms with Crippen molar-refractivity contribution in [3.8, 4) is 11.5 Å². The first-order valence-corrected chi connectivity index (χ1v) is 12.6. The zero-order valence-electron chi connectivity index (χ0n) is 22.7. The van der Waals surface area contributed by atoms with Crippen LogP contribution in [0.4, 0.5) is 0 Å². The molecule has 0 bridgehead atoms. The molecule has 0 saturated heterocycles. The van der Waals surface area contributed by atoms with Gasteiger partial charge in [0.1, 0.15) is 23.0 Å². The van der Waals surface area contributed by atoms with Gasteiger partial charge in [0.2, 0.25) is 0 Å². The van der Waals surface area contributed by atoms with E-state index in [2.05, 4.69) is 0 Å². The molecule has 210 valence electrons. The average molecular weight is 537 g/mol. The molecule has 0 fully saturated rings. The Morgan fingerprint density at radius 2 is 1.54 bits per heavy atom. The highest BCUT2D eigenvalue weighted by Gasteiger charge is 2.13. The number of aryl methyl sites for hydroxylation is 1. The van der Waals surface area contributed by atoms with E-state index in [1.54, 1.807) is 63.6 Å². The van der Waals surface area contributed by atoms with Crippen LogP contribution in [0, 0.1) is 0 Å². The van der Waals surface area contributed by atoms with Crippen LogP contribution in [0.25, 0.3) is 5.57 Å². The van der Waals surface area contributed by atoms with Crippen molar-refractivity contribution < 1.29 is 33.6 Å². The number of esters is 1. The van der Waals surface area contributed by atoms with E-state index in [0.29, 0.717) is 54.3 Å². The fourth-order valence-electron chi connectivity index (χ4n) is 3.54. The van der Waals surface area contributed by atoms with Crippen LogP contribution in [0.15, 0.2) is 89.9 Å². The predicted octanol–water partition coefficient (Wildman–Crippen LogP) is 7.50. The Labute approximate surface area is 232 Å². The Balaban J connectivity index is 0.00000248. The van der Waals surface area contributed by atoms with Crippen LogP contribution in [0.2, 0.25) is 0 Å². The molecule has 1 N–H and O–H groups in total. The van der Waals surface area contributed by atoms with E-state index in [4.69, 9.17) is 18.9 Å². The quantitative estimate of drug-likeness (QED) is 0.235. The number of carbonyl (C=O) groups is 2. The third-order valence-corrected chi connectivity index (χ3v) is 5.44. The van der Waals surface area contributed by atoms with Crippen LogP contribution >= 0.6 is 0 Å². The summed E-state index contributed by atoms with van der Waals surface area (Å²) in [6, 6.07) is 14.3. The largest absolute Gasteiger partial charge is 0.501 e. The van der Waals surface area contributed by atoms with Gasteiger partial charge in [-0.2, -0.15) is 0 Å². The number of aliphatic carboxylic acids is 1. The lowest BCUT2D eigenvalue weighted by molar-refractivity contribution is -0.143. The van der Waals surface area contributed by atoms with Gasteiger partial charge in [0.25, 0.3) is 0 Å². The number of hydrogen-bond acceptors (Lipinski definition) is 6. The van der Waals surface area contributed by atoms with Crippen molar-refractivity contribution in [2.24, 2.45) is 0 Å². The number of carboxylic acid groups (broad SMARTS) is 1. The molecule has 0 heterocycles. The van der Waals surface area contributed by atoms with E-state index in [0.717, 1.165) is 11.3 Å². The van der Waals surface area contributed by atoms with E-state index < -0.39 is 5.97 Å². The summed E-state index contributed by atoms with van der Waals surface area (Å²) in [6.45, 7) is 6.17. The van der Waals surface area contributed by atoms with Gasteiger partial charge in [-0.05, 0) is 66.5 Å². The molecule has 2 aromatic rings. The van der Waals surface area contributed by atoms with Crippen molar-refractivity contribution in [3.63, 3.8) is 0 Å². The van der Waals surface area contributed by atoms with E-state index in [1.165, 1.54) is 0 Å². The first-order valence-electron chi connectivity index (χ1n) is 12.6. The fourth-order valence-corrected chi connectivity index (χ4v) is 3.54. The molecule has 0 saturated carbocycles. The number of carbonyl (C=O) groups excluding carboxylic acids is 1. The van der Waals surface area contributed by atoms with Gasteiger partial charge < -0.3 is 24.1 Å². The Kier molecular flexibility index (Phi) is 14.5. The van der Waals surface area contributed by atoms with Crippen LogP contribution in [-0.2, 0) is 30.2 Å². The topological polar surface area (TPSA) is 91.3 Å². The van der Waals surface area contributed by atoms with Crippen molar-refractivity contribution >= 4 is 17.5 Å². The highest BCUT2D eigenvalue weighted by Crippen LogP contribution is 2.27. The van der Waals surface area contributed by atoms with Crippen molar-refractivity contribution in [3.05, 3.63) is 101 Å². The molecule has 0 aromatic heterocycles. The summed E-state index contributed by atoms with van der Waals surface area (Å²) in [4.78, 5) is 23.5. The van der Waals surface area contributed by atoms with Gasteiger partial charge in [0, 0.05) is 18.9 Å². The summed E-state index contributed by atoms with van der Waals surface area (Å²) >= 11 is 0. The molecule has 0 atom stereocenters. The number of hydrogen-bond donors (Lipinski definition) is 1. The molecule has 1 aliphatic rings. The maximum absolute atomic E-state index is 12.0. The lowest BCUT2D eigenvalue weighted by Gasteiger charge is -2.09. The number of benzene rings is 2. The van der Waals surface area contributed by atoms with Gasteiger partial charge in [-0.15, -0.1) is 0 Å². The first kappa shape index (κ1) is 32.8. The third-order valence-electron chi connectivity index (χ3n) is 5.44. The second kappa shape index (κ2) is 17.3. The summed E-state index contributed by atoms with van der Waals surface area (Å²) in [6.07, 6.45) is 8.49. The van der Waals surface area contributed by atoms with Crippen LogP contribution < -0.4 is 4.74 Å². The van der Waals surface area contributed by atoms with Crippen molar-refractivity contribution in [1.29, 1.82) is 0 Å². The molecule has 7 nitrogen and oxygen atoms in total. The summed E-state index contributed by atoms with van der Waals surface area (Å²) in [5, 5.41) is 9.84. The van der Waals surface area contributed by atoms with Crippen molar-refractivity contribution in [2.75, 3.05) is 20.8 Å². The molecular weight excluding hydrogens is 496 g/mol. The van der Waals surface area contributed by atoms with E-state index in [-0.39, 0.29) is 19.0 Å². The lowest BCUT2D eigenvalue weighted by Crippen LogP contribution is -2.05. The first-order chi connectivity index (χ1) is 18.4. The number of ether oxygens (including phenoxy) is 4. The molecular formula is C32H40O7. The van der Waals surface area contributed by atoms with E-state index in [9.17, 15) is 14.7 Å². The van der Waals surface area contributed by atoms with E-state index >= 15 is 0 Å². The van der Waals surface area contributed by atoms with Gasteiger partial charge in [-0.1, -0.05) is 51.6 Å². The van der Waals surface area contributed by atoms with Gasteiger partial charge in [-0.25, -0.2) is 4.79 Å². The molecule has 7 heteroatoms. The van der Waals surface area contributed by atoms with Crippen LogP contribution in [0.1, 0.15) is 52.2 Å². The molecule has 0 aliphatic heterocycles. The Morgan fingerprint density at radius 3 is 2.08 bits per heavy atom. The smallest absolute Gasteiger partial charge is 0.336 e. The van der Waals surface area contributed by atoms with Gasteiger partial charge in [-0.3, -0.25) is 4.79 Å². The normalized spacial score (nSPS) is 12.6. The number of rotatable bonds is 11. The minimum Gasteiger partial charge on any atom is -0.501 e. The maximum Gasteiger partial charge on any atom is 0.336 e. The fraction of sp³-hybridized carbons (Fsp3) is 0.312. The van der Waals surface area contributed by atoms with Crippen LogP contribution in [0.3, 0.4) is 0 Å². The Hall–Kier alpha value is -4.26. The Bertz CT molecular complexity index is 1180. The zero-order valence-corrected chi connectivity index (χ0v) is 22.7. The predicted molar refractivity (Wildman–Crippen MR) is 154 cm³/mol. The highest BCUT2D eigenvalue weighted by atomic mass is 16.5. The summed E-state index contributed by atoms with van der Waals surface area (Å²) < 4.78 is 21.5. The Morgan fingerprint density at radius 1 is 0.923 bits per heavy atom. The minimum atomic E-state index is -1.04. The number of carboxylic acids is 1. The molecule has 0 amide bonds. The zero-order chi connectivity index (χ0) is 27.9. The van der Waals surface area contributed by atoms with Gasteiger partial charge in [0.15, 0.2) is 0 Å². The lowest BCUT2D eigenvalue weighted by atomic mass is 10.0. The molecule has 0 spiro atoms. The minimum absolute atomic E-state index is 0. The van der Waals surface area contributed by atoms with Crippen molar-refractivity contribution in [1.82, 2.24) is 0 Å². The second-order valence-corrected chi connectivity index (χ2v) is 7.91. The van der Waals surface area contributed by atoms with E-state index in [1.807, 2.05) is 44.2 Å². The van der Waals surface area contributed by atoms with Crippen LogP contribution in [-0.4, -0.2) is 37.9 Å². The summed E-state index contributed by atoms with van der Waals surface area (Å²) in [5.74, 6) is 1.25. The van der Waals surface area contributed by atoms with Crippen molar-refractivity contribution in [2.45, 2.75) is 47.5 Å². The standard InChI is InChI=1S/C29H30O7.C2H6.CH4/c1-4-35-28(30)16-8-20-5-11-23(12-6-20)36-24-14-9-22(10-15-24)27(29(31)32)18-21-7-13-25(33-2)19-26(17-21)34-3;1-2;/h5-7,9-12,14-15,17-19H,4,8,13,16H2,1-3H3,(H,31,32);1-2H3;1H4/b27-18+;;. The van der Waals surface area contributed by atoms with Gasteiger partial charge in [0.05, 0.1) is 26.4 Å². The SMILES string of the molecule is C.CC.CCOC(=O)CCc1ccc(Oc2ccc(/C(=C\C3=CCC(OC)=CC(OC)=C3)C(=O)O)cc2)cc1. The molecule has 3 rings (SSSR count). The third kappa shape index (κ3) is 10.6. The molecule has 1 aliphatic carbocycles. The second-order valence-electron chi connectivity index (χ2n) is 7.91. The van der Waals surface area contributed by atoms with Crippen LogP contribution in [0.5, 0.6) is 11.5 Å². The maximum atomic E-state index is 12.0. The summed E-state index contributed by atoms with van der Waals surface area (Å²) in [7, 11) is 3.14. The molecule has 39 heavy (non-hydrogen) atoms. The number of methoxy groups -OCH3 is 2. The molecule has 2 aromatic carbocycles. The number of allylic oxidation sites excluding steroid dienone is 5. The monoisotopic (exact) mass is 536 g/mol. The molecule has 0 unspecified atom stereocenters. The summed E-state index contributed by atoms with van der Waals surface area (Å²) in [5.41, 5.74) is 2.40. The highest BCUT2D eigenvalue weighted by molar-refractivity contribution is 6.16. The van der Waals surface area contributed by atoms with Gasteiger partial charge >= 0.3 is 11.9 Å². The average Bonchev–Trinajstić information content (AvgIpc) is 3.15. The molecule has 0 radical (unpaired) electrons.